The average molecular weight is 309 g/mol. The lowest BCUT2D eigenvalue weighted by Crippen LogP contribution is -2.35. The molecule has 2 rings (SSSR count). The summed E-state index contributed by atoms with van der Waals surface area (Å²) in [5, 5.41) is 0. The van der Waals surface area contributed by atoms with Crippen LogP contribution in [0.15, 0.2) is 18.7 Å². The van der Waals surface area contributed by atoms with Crippen molar-refractivity contribution in [1.82, 2.24) is 4.57 Å². The second-order valence-corrected chi connectivity index (χ2v) is 7.14. The van der Waals surface area contributed by atoms with Crippen LogP contribution < -0.4 is 4.57 Å². The molecule has 1 aliphatic rings. The molecule has 1 aromatic heterocycles. The Bertz CT molecular complexity index is 430. The standard InChI is InChI=1S/C18H33N2O2/c1-5-10-21-13-19-8-9-20(12-19)14-22-18-11-16(4)6-7-17(18)15(2)3/h8-9,12,15-18H,5-7,10-11,13-14H2,1-4H3/q+1/t16-,17+,18-/m1/s1. The summed E-state index contributed by atoms with van der Waals surface area (Å²) in [6.07, 6.45) is 11.5. The lowest BCUT2D eigenvalue weighted by atomic mass is 9.75. The van der Waals surface area contributed by atoms with Gasteiger partial charge in [0.25, 0.3) is 0 Å². The highest BCUT2D eigenvalue weighted by Gasteiger charge is 2.31. The maximum Gasteiger partial charge on any atom is 0.247 e. The Morgan fingerprint density at radius 3 is 2.86 bits per heavy atom. The summed E-state index contributed by atoms with van der Waals surface area (Å²) in [4.78, 5) is 0. The Kier molecular flexibility index (Phi) is 6.90. The van der Waals surface area contributed by atoms with Crippen LogP contribution in [0.3, 0.4) is 0 Å². The van der Waals surface area contributed by atoms with Gasteiger partial charge in [0.1, 0.15) is 12.4 Å². The van der Waals surface area contributed by atoms with Crippen molar-refractivity contribution in [3.8, 4) is 0 Å². The molecule has 1 aliphatic carbocycles. The third-order valence-corrected chi connectivity index (χ3v) is 4.73. The van der Waals surface area contributed by atoms with Crippen molar-refractivity contribution in [2.75, 3.05) is 6.61 Å². The molecule has 0 aliphatic heterocycles. The molecular formula is C18H33N2O2+. The summed E-state index contributed by atoms with van der Waals surface area (Å²) >= 11 is 0. The van der Waals surface area contributed by atoms with Crippen molar-refractivity contribution < 1.29 is 14.0 Å². The van der Waals surface area contributed by atoms with Gasteiger partial charge in [0.2, 0.25) is 6.33 Å². The predicted molar refractivity (Wildman–Crippen MR) is 87.1 cm³/mol. The number of hydrogen-bond acceptors (Lipinski definition) is 2. The van der Waals surface area contributed by atoms with Crippen LogP contribution in [0, 0.1) is 17.8 Å². The number of aromatic nitrogens is 2. The van der Waals surface area contributed by atoms with Gasteiger partial charge in [0, 0.05) is 0 Å². The number of ether oxygens (including phenoxy) is 2. The second-order valence-electron chi connectivity index (χ2n) is 7.14. The molecule has 0 N–H and O–H groups in total. The molecule has 0 amide bonds. The lowest BCUT2D eigenvalue weighted by molar-refractivity contribution is -0.732. The van der Waals surface area contributed by atoms with E-state index < -0.39 is 0 Å². The van der Waals surface area contributed by atoms with E-state index >= 15 is 0 Å². The van der Waals surface area contributed by atoms with Gasteiger partial charge >= 0.3 is 0 Å². The zero-order valence-corrected chi connectivity index (χ0v) is 14.7. The molecule has 126 valence electrons. The second kappa shape index (κ2) is 8.68. The fourth-order valence-electron chi connectivity index (χ4n) is 3.39. The van der Waals surface area contributed by atoms with Gasteiger partial charge in [-0.15, -0.1) is 0 Å². The molecule has 1 heterocycles. The molecule has 1 fully saturated rings. The first-order chi connectivity index (χ1) is 10.6. The highest BCUT2D eigenvalue weighted by atomic mass is 16.5. The molecular weight excluding hydrogens is 276 g/mol. The van der Waals surface area contributed by atoms with Crippen LogP contribution in [0.5, 0.6) is 0 Å². The van der Waals surface area contributed by atoms with Gasteiger partial charge in [0.15, 0.2) is 13.5 Å². The summed E-state index contributed by atoms with van der Waals surface area (Å²) in [7, 11) is 0. The molecule has 4 nitrogen and oxygen atoms in total. The quantitative estimate of drug-likeness (QED) is 0.542. The molecule has 0 saturated heterocycles. The highest BCUT2D eigenvalue weighted by Crippen LogP contribution is 2.35. The fourth-order valence-corrected chi connectivity index (χ4v) is 3.39. The van der Waals surface area contributed by atoms with E-state index in [2.05, 4.69) is 49.4 Å². The van der Waals surface area contributed by atoms with Crippen LogP contribution >= 0.6 is 0 Å². The summed E-state index contributed by atoms with van der Waals surface area (Å²) < 4.78 is 16.0. The van der Waals surface area contributed by atoms with E-state index in [1.165, 1.54) is 19.3 Å². The van der Waals surface area contributed by atoms with Gasteiger partial charge in [-0.05, 0) is 37.0 Å². The molecule has 0 bridgehead atoms. The zero-order valence-electron chi connectivity index (χ0n) is 14.7. The summed E-state index contributed by atoms with van der Waals surface area (Å²) in [6.45, 7) is 11.2. The van der Waals surface area contributed by atoms with Gasteiger partial charge in [-0.3, -0.25) is 0 Å². The number of imidazole rings is 1. The van der Waals surface area contributed by atoms with Crippen LogP contribution in [-0.4, -0.2) is 17.3 Å². The Labute approximate surface area is 135 Å². The van der Waals surface area contributed by atoms with Crippen molar-refractivity contribution in [2.24, 2.45) is 17.8 Å². The van der Waals surface area contributed by atoms with Crippen LogP contribution in [0.2, 0.25) is 0 Å². The molecule has 0 unspecified atom stereocenters. The number of rotatable bonds is 8. The maximum atomic E-state index is 6.26. The molecule has 1 aromatic rings. The normalized spacial score (nSPS) is 25.8. The predicted octanol–water partition coefficient (Wildman–Crippen LogP) is 3.59. The summed E-state index contributed by atoms with van der Waals surface area (Å²) in [5.74, 6) is 2.19. The molecule has 3 atom stereocenters. The van der Waals surface area contributed by atoms with Crippen molar-refractivity contribution in [3.05, 3.63) is 18.7 Å². The van der Waals surface area contributed by atoms with Gasteiger partial charge in [-0.25, -0.2) is 9.13 Å². The highest BCUT2D eigenvalue weighted by molar-refractivity contribution is 4.81. The largest absolute Gasteiger partial charge is 0.342 e. The van der Waals surface area contributed by atoms with E-state index in [1.807, 2.05) is 6.20 Å². The van der Waals surface area contributed by atoms with Gasteiger partial charge in [0.05, 0.1) is 12.7 Å². The van der Waals surface area contributed by atoms with Crippen LogP contribution in [0.25, 0.3) is 0 Å². The van der Waals surface area contributed by atoms with Crippen LogP contribution in [0.1, 0.15) is 53.4 Å². The monoisotopic (exact) mass is 309 g/mol. The van der Waals surface area contributed by atoms with Crippen molar-refractivity contribution in [3.63, 3.8) is 0 Å². The minimum absolute atomic E-state index is 0.399. The van der Waals surface area contributed by atoms with E-state index in [-0.39, 0.29) is 0 Å². The Morgan fingerprint density at radius 2 is 2.14 bits per heavy atom. The van der Waals surface area contributed by atoms with Crippen molar-refractivity contribution >= 4 is 0 Å². The Hall–Kier alpha value is -0.870. The SMILES string of the molecule is CCCOC[n+]1ccn(CO[C@@H]2C[C@H](C)CC[C@H]2C(C)C)c1. The molecule has 0 radical (unpaired) electrons. The zero-order chi connectivity index (χ0) is 15.9. The lowest BCUT2D eigenvalue weighted by Gasteiger charge is -2.36. The maximum absolute atomic E-state index is 6.26. The van der Waals surface area contributed by atoms with E-state index in [1.54, 1.807) is 0 Å². The van der Waals surface area contributed by atoms with Gasteiger partial charge < -0.3 is 9.47 Å². The van der Waals surface area contributed by atoms with E-state index in [0.29, 0.717) is 31.4 Å². The number of nitrogens with zero attached hydrogens (tertiary/aromatic N) is 2. The van der Waals surface area contributed by atoms with Gasteiger partial charge in [-0.2, -0.15) is 0 Å². The number of hydrogen-bond donors (Lipinski definition) is 0. The fraction of sp³-hybridized carbons (Fsp3) is 0.833. The Balaban J connectivity index is 1.82. The minimum atomic E-state index is 0.399. The molecule has 22 heavy (non-hydrogen) atoms. The van der Waals surface area contributed by atoms with E-state index in [9.17, 15) is 0 Å². The van der Waals surface area contributed by atoms with Crippen LogP contribution in [-0.2, 0) is 22.9 Å². The van der Waals surface area contributed by atoms with Gasteiger partial charge in [-0.1, -0.05) is 34.1 Å². The topological polar surface area (TPSA) is 27.3 Å². The van der Waals surface area contributed by atoms with Crippen molar-refractivity contribution in [1.29, 1.82) is 0 Å². The van der Waals surface area contributed by atoms with E-state index in [4.69, 9.17) is 9.47 Å². The molecule has 0 spiro atoms. The van der Waals surface area contributed by atoms with Crippen LogP contribution in [0.4, 0.5) is 0 Å². The average Bonchev–Trinajstić information content (AvgIpc) is 2.93. The third kappa shape index (κ3) is 5.10. The molecule has 0 aromatic carbocycles. The summed E-state index contributed by atoms with van der Waals surface area (Å²) in [5.41, 5.74) is 0. The first kappa shape index (κ1) is 17.5. The first-order valence-corrected chi connectivity index (χ1v) is 8.84. The molecule has 1 saturated carbocycles. The minimum Gasteiger partial charge on any atom is -0.342 e. The summed E-state index contributed by atoms with van der Waals surface area (Å²) in [6, 6.07) is 0. The van der Waals surface area contributed by atoms with Crippen molar-refractivity contribution in [2.45, 2.75) is 72.9 Å². The Morgan fingerprint density at radius 1 is 1.32 bits per heavy atom. The first-order valence-electron chi connectivity index (χ1n) is 8.84. The van der Waals surface area contributed by atoms with E-state index in [0.717, 1.165) is 18.9 Å². The third-order valence-electron chi connectivity index (χ3n) is 4.73. The smallest absolute Gasteiger partial charge is 0.247 e. The molecule has 4 heteroatoms.